The number of thioether (sulfide) groups is 1. The quantitative estimate of drug-likeness (QED) is 0.502. The topological polar surface area (TPSA) is 73.1 Å². The average Bonchev–Trinajstić information content (AvgIpc) is 3.14. The Labute approximate surface area is 127 Å². The van der Waals surface area contributed by atoms with Crippen LogP contribution in [0, 0.1) is 0 Å². The molecule has 2 unspecified atom stereocenters. The second-order valence-corrected chi connectivity index (χ2v) is 6.26. The van der Waals surface area contributed by atoms with Gasteiger partial charge in [0.25, 0.3) is 0 Å². The number of rotatable bonds is 6. The van der Waals surface area contributed by atoms with Gasteiger partial charge in [0.05, 0.1) is 24.3 Å². The number of ether oxygens (including phenoxy) is 1. The van der Waals surface area contributed by atoms with Crippen molar-refractivity contribution in [2.75, 3.05) is 12.4 Å². The highest BCUT2D eigenvalue weighted by Gasteiger charge is 2.28. The molecule has 6 nitrogen and oxygen atoms in total. The lowest BCUT2D eigenvalue weighted by molar-refractivity contribution is -0.0262. The predicted octanol–water partition coefficient (Wildman–Crippen LogP) is 2.39. The van der Waals surface area contributed by atoms with E-state index in [4.69, 9.17) is 4.74 Å². The fourth-order valence-corrected chi connectivity index (χ4v) is 3.53. The first-order valence-electron chi connectivity index (χ1n) is 7.40. The zero-order chi connectivity index (χ0) is 14.7. The number of hydrogen-bond acceptors (Lipinski definition) is 6. The summed E-state index contributed by atoms with van der Waals surface area (Å²) in [5.41, 5.74) is 0.813. The fourth-order valence-electron chi connectivity index (χ4n) is 2.48. The second-order valence-electron chi connectivity index (χ2n) is 5.18. The number of aromatic nitrogens is 4. The lowest BCUT2D eigenvalue weighted by Gasteiger charge is -2.13. The lowest BCUT2D eigenvalue weighted by atomic mass is 10.2. The van der Waals surface area contributed by atoms with Crippen LogP contribution in [-0.4, -0.2) is 43.3 Å². The first kappa shape index (κ1) is 14.7. The van der Waals surface area contributed by atoms with Crippen molar-refractivity contribution in [1.29, 1.82) is 0 Å². The second kappa shape index (κ2) is 6.72. The molecule has 3 heterocycles. The Balaban J connectivity index is 1.83. The molecule has 0 bridgehead atoms. The summed E-state index contributed by atoms with van der Waals surface area (Å²) in [4.78, 5) is 8.73. The standard InChI is InChI=1S/C14H20N4O2S/c1-2-3-6-21-14-11-7-17-18(13(11)15-9-16-14)12-5-4-10(8-19)20-12/h7,9-10,12,19H,2-6,8H2,1H3. The molecule has 0 aromatic carbocycles. The predicted molar refractivity (Wildman–Crippen MR) is 81.2 cm³/mol. The summed E-state index contributed by atoms with van der Waals surface area (Å²) < 4.78 is 7.60. The molecule has 0 aliphatic carbocycles. The van der Waals surface area contributed by atoms with Crippen molar-refractivity contribution in [3.63, 3.8) is 0 Å². The van der Waals surface area contributed by atoms with Crippen molar-refractivity contribution >= 4 is 22.8 Å². The summed E-state index contributed by atoms with van der Waals surface area (Å²) in [5.74, 6) is 1.06. The van der Waals surface area contributed by atoms with E-state index >= 15 is 0 Å². The maximum atomic E-state index is 9.18. The third-order valence-corrected chi connectivity index (χ3v) is 4.74. The maximum Gasteiger partial charge on any atom is 0.164 e. The summed E-state index contributed by atoms with van der Waals surface area (Å²) in [6.45, 7) is 2.24. The van der Waals surface area contributed by atoms with Crippen molar-refractivity contribution in [2.45, 2.75) is 50.0 Å². The average molecular weight is 308 g/mol. The van der Waals surface area contributed by atoms with Crippen LogP contribution in [0.3, 0.4) is 0 Å². The molecule has 2 atom stereocenters. The first-order valence-corrected chi connectivity index (χ1v) is 8.39. The Kier molecular flexibility index (Phi) is 4.72. The molecule has 3 rings (SSSR count). The van der Waals surface area contributed by atoms with Crippen molar-refractivity contribution in [1.82, 2.24) is 19.7 Å². The van der Waals surface area contributed by atoms with Crippen molar-refractivity contribution < 1.29 is 9.84 Å². The Hall–Kier alpha value is -1.18. The van der Waals surface area contributed by atoms with Crippen molar-refractivity contribution in [3.05, 3.63) is 12.5 Å². The van der Waals surface area contributed by atoms with Gasteiger partial charge in [-0.05, 0) is 25.0 Å². The Bertz CT molecular complexity index is 604. The first-order chi connectivity index (χ1) is 10.3. The van der Waals surface area contributed by atoms with Crippen LogP contribution in [0.2, 0.25) is 0 Å². The molecule has 0 amide bonds. The molecule has 1 aliphatic heterocycles. The smallest absolute Gasteiger partial charge is 0.164 e. The van der Waals surface area contributed by atoms with Crippen LogP contribution in [0.4, 0.5) is 0 Å². The minimum Gasteiger partial charge on any atom is -0.394 e. The molecule has 1 saturated heterocycles. The molecule has 2 aromatic heterocycles. The third kappa shape index (κ3) is 3.04. The zero-order valence-electron chi connectivity index (χ0n) is 12.1. The van der Waals surface area contributed by atoms with Crippen LogP contribution in [0.1, 0.15) is 38.8 Å². The Morgan fingerprint density at radius 1 is 1.43 bits per heavy atom. The summed E-state index contributed by atoms with van der Waals surface area (Å²) in [5, 5.41) is 15.6. The lowest BCUT2D eigenvalue weighted by Crippen LogP contribution is -2.15. The summed E-state index contributed by atoms with van der Waals surface area (Å²) in [7, 11) is 0. The van der Waals surface area contributed by atoms with Crippen LogP contribution >= 0.6 is 11.8 Å². The number of nitrogens with zero attached hydrogens (tertiary/aromatic N) is 4. The van der Waals surface area contributed by atoms with Gasteiger partial charge in [0.1, 0.15) is 11.4 Å². The van der Waals surface area contributed by atoms with Gasteiger partial charge in [-0.1, -0.05) is 13.3 Å². The van der Waals surface area contributed by atoms with Gasteiger partial charge < -0.3 is 9.84 Å². The van der Waals surface area contributed by atoms with E-state index in [0.29, 0.717) is 0 Å². The molecular weight excluding hydrogens is 288 g/mol. The van der Waals surface area contributed by atoms with E-state index in [2.05, 4.69) is 22.0 Å². The van der Waals surface area contributed by atoms with Gasteiger partial charge in [-0.2, -0.15) is 5.10 Å². The number of aliphatic hydroxyl groups excluding tert-OH is 1. The highest BCUT2D eigenvalue weighted by molar-refractivity contribution is 7.99. The highest BCUT2D eigenvalue weighted by atomic mass is 32.2. The fraction of sp³-hybridized carbons (Fsp3) is 0.643. The van der Waals surface area contributed by atoms with E-state index in [9.17, 15) is 5.11 Å². The minimum absolute atomic E-state index is 0.0583. The molecule has 0 radical (unpaired) electrons. The molecule has 2 aromatic rings. The highest BCUT2D eigenvalue weighted by Crippen LogP contribution is 2.32. The normalized spacial score (nSPS) is 22.2. The SMILES string of the molecule is CCCCSc1ncnc2c1cnn2C1CCC(CO)O1. The van der Waals surface area contributed by atoms with Gasteiger partial charge >= 0.3 is 0 Å². The van der Waals surface area contributed by atoms with Gasteiger partial charge in [0, 0.05) is 0 Å². The Morgan fingerprint density at radius 2 is 2.33 bits per heavy atom. The number of hydrogen-bond donors (Lipinski definition) is 1. The Morgan fingerprint density at radius 3 is 3.10 bits per heavy atom. The van der Waals surface area contributed by atoms with Crippen molar-refractivity contribution in [3.8, 4) is 0 Å². The van der Waals surface area contributed by atoms with Crippen LogP contribution in [0.15, 0.2) is 17.6 Å². The van der Waals surface area contributed by atoms with Crippen LogP contribution < -0.4 is 0 Å². The van der Waals surface area contributed by atoms with Gasteiger partial charge in [-0.3, -0.25) is 0 Å². The van der Waals surface area contributed by atoms with Gasteiger partial charge in [-0.15, -0.1) is 11.8 Å². The zero-order valence-corrected chi connectivity index (χ0v) is 12.9. The molecule has 114 valence electrons. The van der Waals surface area contributed by atoms with E-state index in [-0.39, 0.29) is 18.9 Å². The van der Waals surface area contributed by atoms with Crippen LogP contribution in [0.25, 0.3) is 11.0 Å². The summed E-state index contributed by atoms with van der Waals surface area (Å²) in [6, 6.07) is 0. The van der Waals surface area contributed by atoms with Crippen molar-refractivity contribution in [2.24, 2.45) is 0 Å². The van der Waals surface area contributed by atoms with E-state index < -0.39 is 0 Å². The minimum atomic E-state index is -0.136. The molecule has 1 N–H and O–H groups in total. The monoisotopic (exact) mass is 308 g/mol. The largest absolute Gasteiger partial charge is 0.394 e. The molecule has 1 aliphatic rings. The van der Waals surface area contributed by atoms with E-state index in [0.717, 1.165) is 34.7 Å². The summed E-state index contributed by atoms with van der Waals surface area (Å²) >= 11 is 1.75. The molecule has 1 fully saturated rings. The number of unbranched alkanes of at least 4 members (excludes halogenated alkanes) is 1. The maximum absolute atomic E-state index is 9.18. The number of aliphatic hydroxyl groups is 1. The molecule has 21 heavy (non-hydrogen) atoms. The molecule has 0 saturated carbocycles. The molecule has 7 heteroatoms. The number of fused-ring (bicyclic) bond motifs is 1. The van der Waals surface area contributed by atoms with E-state index in [1.165, 1.54) is 12.8 Å². The summed E-state index contributed by atoms with van der Waals surface area (Å²) in [6.07, 6.45) is 7.24. The van der Waals surface area contributed by atoms with Gasteiger partial charge in [0.2, 0.25) is 0 Å². The third-order valence-electron chi connectivity index (χ3n) is 3.65. The van der Waals surface area contributed by atoms with Crippen LogP contribution in [0.5, 0.6) is 0 Å². The van der Waals surface area contributed by atoms with E-state index in [1.807, 2.05) is 10.9 Å². The van der Waals surface area contributed by atoms with E-state index in [1.54, 1.807) is 18.1 Å². The molecular formula is C14H20N4O2S. The molecule has 0 spiro atoms. The van der Waals surface area contributed by atoms with Gasteiger partial charge in [-0.25, -0.2) is 14.6 Å². The van der Waals surface area contributed by atoms with Crippen LogP contribution in [-0.2, 0) is 4.74 Å². The van der Waals surface area contributed by atoms with Gasteiger partial charge in [0.15, 0.2) is 11.9 Å².